The van der Waals surface area contributed by atoms with Crippen LogP contribution in [0.3, 0.4) is 0 Å². The van der Waals surface area contributed by atoms with E-state index in [2.05, 4.69) is 60.5 Å². The highest BCUT2D eigenvalue weighted by molar-refractivity contribution is 6.17. The van der Waals surface area contributed by atoms with Crippen LogP contribution in [0.25, 0.3) is 0 Å². The standard InChI is InChI=1S/C20H31NO2.C15H21ClO2.C5H11N.C2H3N/c1-16-4-2-13-21(16)14-3-15-23-20-11-7-18(8-12-20)17-5-9-19(22)10-6-17;16-10-1-11-18-15-8-4-13(5-9-15)12-2-6-14(17)7-3-12;1-5-3-2-4-6-5;1-2-3/h7-8,11-12,16-17,19,22H,2-6,9-10,13-15H2,1H3;4-5,8-9,12,14,17H,1-3,6-7,10-11H2;5-6H,2-4H2,1H3;1H3. The van der Waals surface area contributed by atoms with Gasteiger partial charge in [-0.25, -0.2) is 0 Å². The molecule has 7 nitrogen and oxygen atoms in total. The largest absolute Gasteiger partial charge is 0.494 e. The van der Waals surface area contributed by atoms with Gasteiger partial charge in [0, 0.05) is 31.4 Å². The summed E-state index contributed by atoms with van der Waals surface area (Å²) in [6, 6.07) is 20.3. The number of likely N-dealkylation sites (tertiary alicyclic amines) is 1. The molecule has 4 fully saturated rings. The summed E-state index contributed by atoms with van der Waals surface area (Å²) in [5, 5.41) is 29.8. The summed E-state index contributed by atoms with van der Waals surface area (Å²) >= 11 is 5.61. The van der Waals surface area contributed by atoms with Crippen molar-refractivity contribution in [1.29, 1.82) is 5.26 Å². The van der Waals surface area contributed by atoms with Crippen LogP contribution in [0.2, 0.25) is 0 Å². The molecule has 2 aromatic rings. The minimum absolute atomic E-state index is 0.0767. The molecule has 50 heavy (non-hydrogen) atoms. The van der Waals surface area contributed by atoms with Gasteiger partial charge in [-0.15, -0.1) is 11.6 Å². The second-order valence-corrected chi connectivity index (χ2v) is 14.9. The molecule has 2 aliphatic heterocycles. The molecule has 2 saturated heterocycles. The van der Waals surface area contributed by atoms with Gasteiger partial charge < -0.3 is 29.9 Å². The normalized spacial score (nSPS) is 26.2. The maximum Gasteiger partial charge on any atom is 0.119 e. The number of nitrogens with one attached hydrogen (secondary N) is 1. The molecule has 0 amide bonds. The molecule has 2 unspecified atom stereocenters. The van der Waals surface area contributed by atoms with Crippen molar-refractivity contribution in [1.82, 2.24) is 10.2 Å². The predicted octanol–water partition coefficient (Wildman–Crippen LogP) is 8.96. The lowest BCUT2D eigenvalue weighted by Gasteiger charge is -2.25. The van der Waals surface area contributed by atoms with E-state index in [1.54, 1.807) is 6.07 Å². The number of benzene rings is 2. The summed E-state index contributed by atoms with van der Waals surface area (Å²) in [7, 11) is 0. The Hall–Kier alpha value is -2.34. The smallest absolute Gasteiger partial charge is 0.119 e. The lowest BCUT2D eigenvalue weighted by Crippen LogP contribution is -2.28. The summed E-state index contributed by atoms with van der Waals surface area (Å²) in [6.45, 7) is 11.1. The molecular weight excluding hydrogens is 646 g/mol. The third-order valence-corrected chi connectivity index (χ3v) is 10.8. The monoisotopic (exact) mass is 711 g/mol. The minimum atomic E-state index is -0.0839. The van der Waals surface area contributed by atoms with E-state index >= 15 is 0 Å². The molecule has 0 aromatic heterocycles. The number of nitriles is 1. The lowest BCUT2D eigenvalue weighted by atomic mass is 9.83. The van der Waals surface area contributed by atoms with Crippen LogP contribution in [-0.4, -0.2) is 78.1 Å². The molecule has 280 valence electrons. The zero-order valence-corrected chi connectivity index (χ0v) is 32.0. The Labute approximate surface area is 308 Å². The highest BCUT2D eigenvalue weighted by atomic mass is 35.5. The van der Waals surface area contributed by atoms with Gasteiger partial charge >= 0.3 is 0 Å². The number of nitrogens with zero attached hydrogens (tertiary/aromatic N) is 2. The number of alkyl halides is 1. The minimum Gasteiger partial charge on any atom is -0.494 e. The van der Waals surface area contributed by atoms with Crippen molar-refractivity contribution in [2.24, 2.45) is 0 Å². The van der Waals surface area contributed by atoms with E-state index in [9.17, 15) is 10.2 Å². The molecule has 2 saturated carbocycles. The van der Waals surface area contributed by atoms with Gasteiger partial charge in [-0.2, -0.15) is 5.26 Å². The second kappa shape index (κ2) is 24.8. The van der Waals surface area contributed by atoms with Crippen molar-refractivity contribution in [2.75, 3.05) is 38.7 Å². The predicted molar refractivity (Wildman–Crippen MR) is 207 cm³/mol. The number of hydrogen-bond donors (Lipinski definition) is 3. The van der Waals surface area contributed by atoms with Gasteiger partial charge in [0.15, 0.2) is 0 Å². The molecule has 0 radical (unpaired) electrons. The number of rotatable bonds is 11. The Bertz CT molecular complexity index is 1170. The SMILES string of the molecule is CC#N.CC1CCCN1.CC1CCCN1CCCOc1ccc(C2CCC(O)CC2)cc1.OC1CCC(c2ccc(OCCCCl)cc2)CC1. The van der Waals surface area contributed by atoms with E-state index in [1.165, 1.54) is 56.8 Å². The van der Waals surface area contributed by atoms with Gasteiger partial charge in [0.2, 0.25) is 0 Å². The summed E-state index contributed by atoms with van der Waals surface area (Å²) in [5.74, 6) is 3.76. The van der Waals surface area contributed by atoms with Crippen molar-refractivity contribution in [3.63, 3.8) is 0 Å². The Balaban J connectivity index is 0.000000221. The Morgan fingerprint density at radius 2 is 1.22 bits per heavy atom. The van der Waals surface area contributed by atoms with Crippen molar-refractivity contribution >= 4 is 11.6 Å². The molecule has 3 N–H and O–H groups in total. The van der Waals surface area contributed by atoms with E-state index < -0.39 is 0 Å². The topological polar surface area (TPSA) is 98.0 Å². The van der Waals surface area contributed by atoms with Gasteiger partial charge in [-0.05, 0) is 164 Å². The quantitative estimate of drug-likeness (QED) is 0.158. The Morgan fingerprint density at radius 3 is 1.58 bits per heavy atom. The Morgan fingerprint density at radius 1 is 0.740 bits per heavy atom. The summed E-state index contributed by atoms with van der Waals surface area (Å²) in [5.41, 5.74) is 2.77. The fourth-order valence-corrected chi connectivity index (χ4v) is 7.49. The molecule has 0 bridgehead atoms. The van der Waals surface area contributed by atoms with Gasteiger partial charge in [-0.3, -0.25) is 0 Å². The van der Waals surface area contributed by atoms with Gasteiger partial charge in [0.05, 0.1) is 31.5 Å². The summed E-state index contributed by atoms with van der Waals surface area (Å²) in [4.78, 5) is 2.57. The molecule has 2 aliphatic carbocycles. The number of hydrogen-bond acceptors (Lipinski definition) is 7. The van der Waals surface area contributed by atoms with Crippen molar-refractivity contribution in [3.8, 4) is 17.6 Å². The van der Waals surface area contributed by atoms with Crippen LogP contribution < -0.4 is 14.8 Å². The van der Waals surface area contributed by atoms with Crippen molar-refractivity contribution in [2.45, 2.75) is 147 Å². The molecular formula is C42H66ClN3O4. The van der Waals surface area contributed by atoms with Crippen LogP contribution in [-0.2, 0) is 0 Å². The zero-order chi connectivity index (χ0) is 36.0. The lowest BCUT2D eigenvalue weighted by molar-refractivity contribution is 0.122. The zero-order valence-electron chi connectivity index (χ0n) is 31.2. The van der Waals surface area contributed by atoms with Gasteiger partial charge in [0.1, 0.15) is 11.5 Å². The maximum atomic E-state index is 9.61. The van der Waals surface area contributed by atoms with Crippen molar-refractivity contribution < 1.29 is 19.7 Å². The summed E-state index contributed by atoms with van der Waals surface area (Å²) in [6.07, 6.45) is 15.4. The average molecular weight is 712 g/mol. The summed E-state index contributed by atoms with van der Waals surface area (Å²) < 4.78 is 11.5. The third-order valence-electron chi connectivity index (χ3n) is 10.5. The van der Waals surface area contributed by atoms with E-state index in [0.717, 1.165) is 101 Å². The first-order valence-electron chi connectivity index (χ1n) is 19.5. The maximum absolute atomic E-state index is 9.61. The molecule has 4 aliphatic rings. The fraction of sp³-hybridized carbons (Fsp3) is 0.690. The highest BCUT2D eigenvalue weighted by Crippen LogP contribution is 2.34. The molecule has 2 atom stereocenters. The molecule has 6 rings (SSSR count). The average Bonchev–Trinajstić information content (AvgIpc) is 3.79. The first-order valence-corrected chi connectivity index (χ1v) is 20.0. The van der Waals surface area contributed by atoms with Crippen LogP contribution in [0.1, 0.15) is 134 Å². The van der Waals surface area contributed by atoms with Crippen LogP contribution in [0, 0.1) is 11.3 Å². The molecule has 8 heteroatoms. The number of aliphatic hydroxyl groups is 2. The van der Waals surface area contributed by atoms with Crippen molar-refractivity contribution in [3.05, 3.63) is 59.7 Å². The van der Waals surface area contributed by atoms with Crippen LogP contribution in [0.5, 0.6) is 11.5 Å². The highest BCUT2D eigenvalue weighted by Gasteiger charge is 2.22. The van der Waals surface area contributed by atoms with E-state index in [-0.39, 0.29) is 12.2 Å². The van der Waals surface area contributed by atoms with Crippen LogP contribution in [0.15, 0.2) is 48.5 Å². The van der Waals surface area contributed by atoms with Gasteiger partial charge in [0.25, 0.3) is 0 Å². The third kappa shape index (κ3) is 16.3. The first kappa shape index (κ1) is 42.1. The number of halogens is 1. The first-order chi connectivity index (χ1) is 24.3. The molecule has 2 aromatic carbocycles. The Kier molecular flexibility index (Phi) is 20.8. The van der Waals surface area contributed by atoms with Crippen LogP contribution >= 0.6 is 11.6 Å². The number of aliphatic hydroxyl groups excluding tert-OH is 2. The van der Waals surface area contributed by atoms with E-state index in [1.807, 2.05) is 12.1 Å². The molecule has 2 heterocycles. The van der Waals surface area contributed by atoms with E-state index in [0.29, 0.717) is 24.3 Å². The van der Waals surface area contributed by atoms with Gasteiger partial charge in [-0.1, -0.05) is 24.3 Å². The van der Waals surface area contributed by atoms with Crippen LogP contribution in [0.4, 0.5) is 0 Å². The fourth-order valence-electron chi connectivity index (χ4n) is 7.38. The second-order valence-electron chi connectivity index (χ2n) is 14.5. The van der Waals surface area contributed by atoms with E-state index in [4.69, 9.17) is 26.3 Å². The number of ether oxygens (including phenoxy) is 2. The molecule has 0 spiro atoms.